The highest BCUT2D eigenvalue weighted by Crippen LogP contribution is 1.93. The van der Waals surface area contributed by atoms with Gasteiger partial charge in [0, 0.05) is 6.54 Å². The molecule has 1 amide bonds. The zero-order valence-corrected chi connectivity index (χ0v) is 9.38. The second-order valence-electron chi connectivity index (χ2n) is 3.32. The predicted octanol–water partition coefficient (Wildman–Crippen LogP) is -1.85. The summed E-state index contributed by atoms with van der Waals surface area (Å²) in [6.07, 6.45) is 1.89. The van der Waals surface area contributed by atoms with Gasteiger partial charge in [0.15, 0.2) is 5.96 Å². The molecular weight excluding hydrogens is 210 g/mol. The Kier molecular flexibility index (Phi) is 7.78. The molecule has 0 aliphatic carbocycles. The van der Waals surface area contributed by atoms with Gasteiger partial charge < -0.3 is 26.5 Å². The molecule has 16 heavy (non-hydrogen) atoms. The Morgan fingerprint density at radius 3 is 2.75 bits per heavy atom. The monoisotopic (exact) mass is 229 g/mol. The van der Waals surface area contributed by atoms with Gasteiger partial charge in [0.1, 0.15) is 6.29 Å². The van der Waals surface area contributed by atoms with E-state index >= 15 is 0 Å². The summed E-state index contributed by atoms with van der Waals surface area (Å²) in [5.41, 5.74) is 5.09. The summed E-state index contributed by atoms with van der Waals surface area (Å²) in [7, 11) is 1.66. The van der Waals surface area contributed by atoms with Crippen LogP contribution in [-0.2, 0) is 9.59 Å². The van der Waals surface area contributed by atoms with Crippen LogP contribution >= 0.6 is 0 Å². The lowest BCUT2D eigenvalue weighted by molar-refractivity contribution is -0.123. The highest BCUT2D eigenvalue weighted by Gasteiger charge is 2.09. The lowest BCUT2D eigenvalue weighted by Gasteiger charge is -2.12. The maximum Gasteiger partial charge on any atom is 0.234 e. The Morgan fingerprint density at radius 1 is 1.56 bits per heavy atom. The maximum absolute atomic E-state index is 11.2. The van der Waals surface area contributed by atoms with E-state index in [-0.39, 0.29) is 18.4 Å². The number of likely N-dealkylation sites (N-methyl/N-ethyl adjacent to an activating group) is 1. The first-order valence-corrected chi connectivity index (χ1v) is 5.07. The molecule has 0 aliphatic heterocycles. The summed E-state index contributed by atoms with van der Waals surface area (Å²) in [4.78, 5) is 21.8. The molecule has 0 aliphatic rings. The first-order valence-electron chi connectivity index (χ1n) is 5.07. The van der Waals surface area contributed by atoms with E-state index in [4.69, 9.17) is 11.1 Å². The van der Waals surface area contributed by atoms with Crippen LogP contribution in [0.2, 0.25) is 0 Å². The quantitative estimate of drug-likeness (QED) is 0.145. The van der Waals surface area contributed by atoms with E-state index in [2.05, 4.69) is 16.0 Å². The number of nitrogens with one attached hydrogen (secondary N) is 4. The Morgan fingerprint density at radius 2 is 2.25 bits per heavy atom. The number of hydrogen-bond acceptors (Lipinski definition) is 4. The molecule has 0 rings (SSSR count). The Balaban J connectivity index is 3.70. The fourth-order valence-electron chi connectivity index (χ4n) is 1.14. The molecule has 92 valence electrons. The average Bonchev–Trinajstić information content (AvgIpc) is 2.22. The van der Waals surface area contributed by atoms with Gasteiger partial charge in [0.2, 0.25) is 5.91 Å². The Hall–Kier alpha value is -1.63. The van der Waals surface area contributed by atoms with Gasteiger partial charge in [-0.25, -0.2) is 0 Å². The number of hydrogen-bond donors (Lipinski definition) is 5. The molecule has 0 fully saturated rings. The van der Waals surface area contributed by atoms with Crippen LogP contribution in [0.1, 0.15) is 12.8 Å². The topological polar surface area (TPSA) is 120 Å². The normalized spacial score (nSPS) is 11.6. The first-order chi connectivity index (χ1) is 7.60. The standard InChI is InChI=1S/C9H19N5O2/c1-12-5-8(16)14-7(6-15)3-2-4-13-9(10)11/h6-7,12H,2-5H2,1H3,(H,14,16)(H4,10,11,13)/t7-/m0/s1. The van der Waals surface area contributed by atoms with E-state index in [0.29, 0.717) is 25.7 Å². The third-order valence-electron chi connectivity index (χ3n) is 1.86. The summed E-state index contributed by atoms with van der Waals surface area (Å²) >= 11 is 0. The van der Waals surface area contributed by atoms with Crippen LogP contribution in [-0.4, -0.2) is 44.3 Å². The molecule has 0 saturated carbocycles. The average molecular weight is 229 g/mol. The largest absolute Gasteiger partial charge is 0.370 e. The molecule has 0 spiro atoms. The number of carbonyl (C=O) groups excluding carboxylic acids is 2. The van der Waals surface area contributed by atoms with E-state index in [0.717, 1.165) is 0 Å². The van der Waals surface area contributed by atoms with Crippen LogP contribution in [0, 0.1) is 5.41 Å². The minimum atomic E-state index is -0.477. The molecule has 7 heteroatoms. The van der Waals surface area contributed by atoms with Crippen LogP contribution in [0.15, 0.2) is 0 Å². The minimum absolute atomic E-state index is 0.0955. The summed E-state index contributed by atoms with van der Waals surface area (Å²) < 4.78 is 0. The van der Waals surface area contributed by atoms with Gasteiger partial charge in [-0.2, -0.15) is 0 Å². The van der Waals surface area contributed by atoms with Crippen LogP contribution in [0.25, 0.3) is 0 Å². The first kappa shape index (κ1) is 14.4. The van der Waals surface area contributed by atoms with Crippen molar-refractivity contribution in [3.8, 4) is 0 Å². The highest BCUT2D eigenvalue weighted by molar-refractivity contribution is 5.81. The summed E-state index contributed by atoms with van der Waals surface area (Å²) in [5.74, 6) is -0.305. The van der Waals surface area contributed by atoms with E-state index in [1.54, 1.807) is 7.05 Å². The van der Waals surface area contributed by atoms with Crippen molar-refractivity contribution in [2.75, 3.05) is 20.1 Å². The molecule has 0 unspecified atom stereocenters. The van der Waals surface area contributed by atoms with Crippen molar-refractivity contribution in [1.29, 1.82) is 5.41 Å². The molecule has 0 radical (unpaired) electrons. The zero-order valence-electron chi connectivity index (χ0n) is 9.38. The summed E-state index contributed by atoms with van der Waals surface area (Å²) in [6.45, 7) is 0.706. The predicted molar refractivity (Wildman–Crippen MR) is 61.1 cm³/mol. The molecule has 0 aromatic heterocycles. The van der Waals surface area contributed by atoms with Crippen molar-refractivity contribution in [3.63, 3.8) is 0 Å². The second-order valence-corrected chi connectivity index (χ2v) is 3.32. The SMILES string of the molecule is CNCC(=O)N[C@H](C=O)CCCNC(=N)N. The summed E-state index contributed by atoms with van der Waals surface area (Å²) in [6, 6.07) is -0.477. The Labute approximate surface area is 94.7 Å². The van der Waals surface area contributed by atoms with E-state index in [9.17, 15) is 9.59 Å². The smallest absolute Gasteiger partial charge is 0.234 e. The van der Waals surface area contributed by atoms with Crippen molar-refractivity contribution in [2.45, 2.75) is 18.9 Å². The van der Waals surface area contributed by atoms with Crippen molar-refractivity contribution >= 4 is 18.2 Å². The van der Waals surface area contributed by atoms with Crippen LogP contribution < -0.4 is 21.7 Å². The Bertz CT molecular complexity index is 244. The number of aldehydes is 1. The molecule has 1 atom stereocenters. The third-order valence-corrected chi connectivity index (χ3v) is 1.86. The number of guanidine groups is 1. The molecule has 0 aromatic rings. The van der Waals surface area contributed by atoms with E-state index in [1.165, 1.54) is 0 Å². The minimum Gasteiger partial charge on any atom is -0.370 e. The van der Waals surface area contributed by atoms with E-state index in [1.807, 2.05) is 0 Å². The van der Waals surface area contributed by atoms with Gasteiger partial charge in [-0.3, -0.25) is 10.2 Å². The molecular formula is C9H19N5O2. The van der Waals surface area contributed by atoms with Gasteiger partial charge in [-0.05, 0) is 19.9 Å². The van der Waals surface area contributed by atoms with Gasteiger partial charge in [-0.15, -0.1) is 0 Å². The molecule has 0 heterocycles. The van der Waals surface area contributed by atoms with Crippen LogP contribution in [0.4, 0.5) is 0 Å². The van der Waals surface area contributed by atoms with Crippen molar-refractivity contribution in [3.05, 3.63) is 0 Å². The fraction of sp³-hybridized carbons (Fsp3) is 0.667. The fourth-order valence-corrected chi connectivity index (χ4v) is 1.14. The number of carbonyl (C=O) groups is 2. The third kappa shape index (κ3) is 7.74. The number of rotatable bonds is 8. The number of nitrogens with two attached hydrogens (primary N) is 1. The van der Waals surface area contributed by atoms with E-state index < -0.39 is 6.04 Å². The lowest BCUT2D eigenvalue weighted by Crippen LogP contribution is -2.41. The van der Waals surface area contributed by atoms with Crippen molar-refractivity contribution in [2.24, 2.45) is 5.73 Å². The second kappa shape index (κ2) is 8.66. The molecule has 0 saturated heterocycles. The molecule has 0 aromatic carbocycles. The van der Waals surface area contributed by atoms with Crippen molar-refractivity contribution < 1.29 is 9.59 Å². The molecule has 6 N–H and O–H groups in total. The maximum atomic E-state index is 11.2. The van der Waals surface area contributed by atoms with Crippen LogP contribution in [0.5, 0.6) is 0 Å². The number of amides is 1. The summed E-state index contributed by atoms with van der Waals surface area (Å²) in [5, 5.41) is 14.8. The van der Waals surface area contributed by atoms with Gasteiger partial charge in [-0.1, -0.05) is 0 Å². The lowest BCUT2D eigenvalue weighted by atomic mass is 10.2. The molecule has 7 nitrogen and oxygen atoms in total. The van der Waals surface area contributed by atoms with Gasteiger partial charge in [0.05, 0.1) is 12.6 Å². The molecule has 0 bridgehead atoms. The van der Waals surface area contributed by atoms with Crippen molar-refractivity contribution in [1.82, 2.24) is 16.0 Å². The van der Waals surface area contributed by atoms with Crippen LogP contribution in [0.3, 0.4) is 0 Å². The highest BCUT2D eigenvalue weighted by atomic mass is 16.2. The van der Waals surface area contributed by atoms with Gasteiger partial charge in [0.25, 0.3) is 0 Å². The zero-order chi connectivity index (χ0) is 12.4. The van der Waals surface area contributed by atoms with Gasteiger partial charge >= 0.3 is 0 Å².